The Labute approximate surface area is 172 Å². The Morgan fingerprint density at radius 2 is 1.55 bits per heavy atom. The molecule has 2 atom stereocenters. The molecule has 3 rings (SSSR count). The van der Waals surface area contributed by atoms with E-state index in [0.717, 1.165) is 5.56 Å². The molecule has 1 heterocycles. The molecule has 156 valence electrons. The van der Waals surface area contributed by atoms with Crippen molar-refractivity contribution in [2.45, 2.75) is 50.0 Å². The molecule has 2 aromatic carbocycles. The van der Waals surface area contributed by atoms with Gasteiger partial charge in [-0.2, -0.15) is 0 Å². The largest absolute Gasteiger partial charge is 0.444 e. The topological polar surface area (TPSA) is 72.7 Å². The van der Waals surface area contributed by atoms with Crippen LogP contribution in [0.3, 0.4) is 0 Å². The average molecular weight is 418 g/mol. The predicted molar refractivity (Wildman–Crippen MR) is 110 cm³/mol. The van der Waals surface area contributed by atoms with Crippen LogP contribution in [0.15, 0.2) is 65.6 Å². The van der Waals surface area contributed by atoms with Gasteiger partial charge in [0, 0.05) is 0 Å². The van der Waals surface area contributed by atoms with Crippen LogP contribution in [0.4, 0.5) is 4.79 Å². The van der Waals surface area contributed by atoms with Crippen LogP contribution in [0.1, 0.15) is 26.3 Å². The van der Waals surface area contributed by atoms with Gasteiger partial charge in [0.25, 0.3) is 0 Å². The summed E-state index contributed by atoms with van der Waals surface area (Å²) in [5, 5.41) is 0. The molecule has 0 bridgehead atoms. The van der Waals surface area contributed by atoms with Crippen LogP contribution in [-0.4, -0.2) is 49.5 Å². The van der Waals surface area contributed by atoms with Crippen molar-refractivity contribution in [2.24, 2.45) is 0 Å². The highest BCUT2D eigenvalue weighted by Crippen LogP contribution is 2.33. The highest BCUT2D eigenvalue weighted by molar-refractivity contribution is 7.91. The summed E-state index contributed by atoms with van der Waals surface area (Å²) in [6.45, 7) is 6.00. The summed E-state index contributed by atoms with van der Waals surface area (Å²) >= 11 is 0. The van der Waals surface area contributed by atoms with E-state index in [9.17, 15) is 13.2 Å². The van der Waals surface area contributed by atoms with Crippen LogP contribution in [0, 0.1) is 0 Å². The molecule has 0 spiro atoms. The lowest BCUT2D eigenvalue weighted by molar-refractivity contribution is 0.0363. The normalized spacial score (nSPS) is 19.1. The Bertz CT molecular complexity index is 923. The summed E-state index contributed by atoms with van der Waals surface area (Å²) in [5.41, 5.74) is 0.364. The molecule has 2 aromatic rings. The number of carbonyl (C=O) groups is 1. The Morgan fingerprint density at radius 1 is 0.966 bits per heavy atom. The molecular formula is C22H27NO5S. The number of sulfone groups is 1. The summed E-state index contributed by atoms with van der Waals surface area (Å²) in [4.78, 5) is 14.3. The smallest absolute Gasteiger partial charge is 0.411 e. The lowest BCUT2D eigenvalue weighted by Gasteiger charge is -2.20. The summed E-state index contributed by atoms with van der Waals surface area (Å²) < 4.78 is 36.7. The minimum absolute atomic E-state index is 0.157. The van der Waals surface area contributed by atoms with E-state index in [1.165, 1.54) is 4.90 Å². The van der Waals surface area contributed by atoms with Crippen molar-refractivity contribution in [2.75, 3.05) is 12.4 Å². The maximum absolute atomic E-state index is 12.8. The molecule has 0 aromatic heterocycles. The highest BCUT2D eigenvalue weighted by atomic mass is 32.2. The number of rotatable bonds is 7. The fourth-order valence-electron chi connectivity index (χ4n) is 3.12. The van der Waals surface area contributed by atoms with Gasteiger partial charge in [0.15, 0.2) is 9.84 Å². The van der Waals surface area contributed by atoms with Gasteiger partial charge in [-0.1, -0.05) is 48.5 Å². The zero-order valence-corrected chi connectivity index (χ0v) is 17.8. The van der Waals surface area contributed by atoms with Gasteiger partial charge in [-0.3, -0.25) is 4.90 Å². The zero-order chi connectivity index (χ0) is 21.1. The van der Waals surface area contributed by atoms with Gasteiger partial charge >= 0.3 is 6.09 Å². The molecule has 1 saturated heterocycles. The van der Waals surface area contributed by atoms with Crippen molar-refractivity contribution >= 4 is 15.9 Å². The fourth-order valence-corrected chi connectivity index (χ4v) is 4.72. The molecule has 6 nitrogen and oxygen atoms in total. The number of carbonyl (C=O) groups excluding carboxylic acids is 1. The Balaban J connectivity index is 1.67. The molecule has 0 aliphatic carbocycles. The van der Waals surface area contributed by atoms with E-state index in [1.807, 2.05) is 30.3 Å². The number of nitrogens with zero attached hydrogens (tertiary/aromatic N) is 1. The quantitative estimate of drug-likeness (QED) is 0.643. The van der Waals surface area contributed by atoms with Gasteiger partial charge in [0.1, 0.15) is 5.60 Å². The second-order valence-corrected chi connectivity index (χ2v) is 10.2. The summed E-state index contributed by atoms with van der Waals surface area (Å²) in [5.74, 6) is -0.157. The van der Waals surface area contributed by atoms with Gasteiger partial charge in [0.2, 0.25) is 0 Å². The van der Waals surface area contributed by atoms with Crippen LogP contribution in [0.5, 0.6) is 0 Å². The third kappa shape index (κ3) is 5.81. The van der Waals surface area contributed by atoms with Crippen molar-refractivity contribution in [3.8, 4) is 0 Å². The first-order valence-electron chi connectivity index (χ1n) is 9.58. The second kappa shape index (κ2) is 8.55. The summed E-state index contributed by atoms with van der Waals surface area (Å²) in [7, 11) is -3.52. The number of benzene rings is 2. The highest BCUT2D eigenvalue weighted by Gasteiger charge is 2.54. The Kier molecular flexibility index (Phi) is 6.29. The number of amides is 1. The van der Waals surface area contributed by atoms with Gasteiger partial charge in [-0.25, -0.2) is 13.2 Å². The average Bonchev–Trinajstić information content (AvgIpc) is 3.33. The second-order valence-electron chi connectivity index (χ2n) is 8.12. The first kappa shape index (κ1) is 21.3. The van der Waals surface area contributed by atoms with Crippen molar-refractivity contribution in [1.82, 2.24) is 4.90 Å². The first-order chi connectivity index (χ1) is 13.7. The minimum atomic E-state index is -3.52. The lowest BCUT2D eigenvalue weighted by atomic mass is 10.2. The van der Waals surface area contributed by atoms with Crippen molar-refractivity contribution in [3.05, 3.63) is 66.2 Å². The Morgan fingerprint density at radius 3 is 2.14 bits per heavy atom. The number of hydrogen-bond donors (Lipinski definition) is 0. The predicted octanol–water partition coefficient (Wildman–Crippen LogP) is 3.67. The monoisotopic (exact) mass is 417 g/mol. The van der Waals surface area contributed by atoms with E-state index in [4.69, 9.17) is 9.47 Å². The van der Waals surface area contributed by atoms with E-state index in [2.05, 4.69) is 0 Å². The molecule has 0 saturated carbocycles. The van der Waals surface area contributed by atoms with Gasteiger partial charge in [-0.05, 0) is 38.5 Å². The minimum Gasteiger partial charge on any atom is -0.444 e. The van der Waals surface area contributed by atoms with Crippen LogP contribution < -0.4 is 0 Å². The maximum Gasteiger partial charge on any atom is 0.411 e. The maximum atomic E-state index is 12.8. The standard InChI is InChI=1S/C22H27NO5S/c1-22(2,3)28-21(24)23-19(15-27-14-17-10-6-4-7-11-17)20(23)16-29(25,26)18-12-8-5-9-13-18/h4-13,19-20H,14-16H2,1-3H3. The van der Waals surface area contributed by atoms with Gasteiger partial charge in [0.05, 0.1) is 35.9 Å². The zero-order valence-electron chi connectivity index (χ0n) is 16.9. The molecule has 7 heteroatoms. The molecule has 2 unspecified atom stereocenters. The van der Waals surface area contributed by atoms with Gasteiger partial charge in [-0.15, -0.1) is 0 Å². The van der Waals surface area contributed by atoms with E-state index < -0.39 is 27.6 Å². The molecular weight excluding hydrogens is 390 g/mol. The molecule has 29 heavy (non-hydrogen) atoms. The van der Waals surface area contributed by atoms with Crippen LogP contribution in [0.2, 0.25) is 0 Å². The number of ether oxygens (including phenoxy) is 2. The molecule has 1 aliphatic rings. The van der Waals surface area contributed by atoms with Gasteiger partial charge < -0.3 is 9.47 Å². The van der Waals surface area contributed by atoms with E-state index in [0.29, 0.717) is 6.61 Å². The summed E-state index contributed by atoms with van der Waals surface area (Å²) in [6, 6.07) is 17.2. The molecule has 0 radical (unpaired) electrons. The fraction of sp³-hybridized carbons (Fsp3) is 0.409. The SMILES string of the molecule is CC(C)(C)OC(=O)N1C(COCc2ccccc2)C1CS(=O)(=O)c1ccccc1. The van der Waals surface area contributed by atoms with Crippen molar-refractivity contribution in [1.29, 1.82) is 0 Å². The van der Waals surface area contributed by atoms with Crippen molar-refractivity contribution in [3.63, 3.8) is 0 Å². The third-order valence-corrected chi connectivity index (χ3v) is 6.34. The third-order valence-electron chi connectivity index (χ3n) is 4.57. The molecule has 1 aliphatic heterocycles. The molecule has 1 fully saturated rings. The molecule has 0 N–H and O–H groups in total. The van der Waals surface area contributed by atoms with E-state index in [-0.39, 0.29) is 23.3 Å². The Hall–Kier alpha value is -2.38. The van der Waals surface area contributed by atoms with Crippen LogP contribution in [0.25, 0.3) is 0 Å². The van der Waals surface area contributed by atoms with Crippen LogP contribution in [-0.2, 0) is 25.9 Å². The summed E-state index contributed by atoms with van der Waals surface area (Å²) in [6.07, 6.45) is -0.515. The van der Waals surface area contributed by atoms with E-state index >= 15 is 0 Å². The number of hydrogen-bond acceptors (Lipinski definition) is 5. The molecule has 1 amide bonds. The first-order valence-corrected chi connectivity index (χ1v) is 11.2. The lowest BCUT2D eigenvalue weighted by Crippen LogP contribution is -2.29. The van der Waals surface area contributed by atoms with Crippen molar-refractivity contribution < 1.29 is 22.7 Å². The van der Waals surface area contributed by atoms with Crippen LogP contribution >= 0.6 is 0 Å². The van der Waals surface area contributed by atoms with E-state index in [1.54, 1.807) is 51.1 Å².